The van der Waals surface area contributed by atoms with Crippen molar-refractivity contribution in [2.24, 2.45) is 0 Å². The summed E-state index contributed by atoms with van der Waals surface area (Å²) in [7, 11) is 0. The lowest BCUT2D eigenvalue weighted by Crippen LogP contribution is -2.35. The zero-order valence-corrected chi connectivity index (χ0v) is 23.2. The van der Waals surface area contributed by atoms with E-state index in [0.717, 1.165) is 69.9 Å². The van der Waals surface area contributed by atoms with Crippen molar-refractivity contribution >= 4 is 0 Å². The maximum atomic E-state index is 4.77. The van der Waals surface area contributed by atoms with Gasteiger partial charge in [-0.25, -0.2) is 0 Å². The van der Waals surface area contributed by atoms with Crippen LogP contribution in [0.4, 0.5) is 0 Å². The average molecular weight is 508 g/mol. The quantitative estimate of drug-likeness (QED) is 0.201. The Morgan fingerprint density at radius 1 is 0.474 bits per heavy atom. The molecule has 198 valence electrons. The summed E-state index contributed by atoms with van der Waals surface area (Å²) in [4.78, 5) is 19.4. The van der Waals surface area contributed by atoms with Crippen LogP contribution in [0.2, 0.25) is 0 Å². The Hall–Kier alpha value is -3.41. The third-order valence-electron chi connectivity index (χ3n) is 7.20. The van der Waals surface area contributed by atoms with Crippen LogP contribution in [0.1, 0.15) is 60.1 Å². The van der Waals surface area contributed by atoms with Crippen molar-refractivity contribution < 1.29 is 0 Å². The van der Waals surface area contributed by atoms with Gasteiger partial charge in [0.05, 0.1) is 17.1 Å². The van der Waals surface area contributed by atoms with Crippen molar-refractivity contribution in [3.8, 4) is 0 Å². The first-order chi connectivity index (χ1) is 18.7. The van der Waals surface area contributed by atoms with Crippen molar-refractivity contribution in [2.75, 3.05) is 13.1 Å². The van der Waals surface area contributed by atoms with E-state index in [4.69, 9.17) is 15.0 Å². The third kappa shape index (κ3) is 7.80. The summed E-state index contributed by atoms with van der Waals surface area (Å²) in [6.07, 6.45) is 8.72. The van der Waals surface area contributed by atoms with Gasteiger partial charge >= 0.3 is 0 Å². The van der Waals surface area contributed by atoms with Crippen LogP contribution in [0, 0.1) is 0 Å². The highest BCUT2D eigenvalue weighted by Gasteiger charge is 2.17. The predicted molar refractivity (Wildman–Crippen MR) is 156 cm³/mol. The van der Waals surface area contributed by atoms with Crippen molar-refractivity contribution in [2.45, 2.75) is 66.2 Å². The van der Waals surface area contributed by atoms with Crippen LogP contribution in [0.3, 0.4) is 0 Å². The van der Waals surface area contributed by atoms with Crippen LogP contribution in [0.25, 0.3) is 0 Å². The van der Waals surface area contributed by atoms with Gasteiger partial charge in [-0.15, -0.1) is 0 Å². The molecule has 0 radical (unpaired) electrons. The molecule has 0 saturated carbocycles. The van der Waals surface area contributed by atoms with Crippen LogP contribution in [0.5, 0.6) is 0 Å². The van der Waals surface area contributed by atoms with Gasteiger partial charge in [-0.2, -0.15) is 0 Å². The van der Waals surface area contributed by atoms with Crippen LogP contribution < -0.4 is 0 Å². The van der Waals surface area contributed by atoms with E-state index < -0.39 is 0 Å². The number of aryl methyl sites for hydroxylation is 3. The molecule has 0 amide bonds. The molecule has 38 heavy (non-hydrogen) atoms. The number of nitrogens with zero attached hydrogens (tertiary/aromatic N) is 5. The van der Waals surface area contributed by atoms with E-state index in [1.165, 1.54) is 27.9 Å². The highest BCUT2D eigenvalue weighted by atomic mass is 15.2. The number of rotatable bonds is 14. The maximum Gasteiger partial charge on any atom is 0.0575 e. The fraction of sp³-hybridized carbons (Fsp3) is 0.364. The lowest BCUT2D eigenvalue weighted by molar-refractivity contribution is 0.178. The molecule has 0 unspecified atom stereocenters. The fourth-order valence-corrected chi connectivity index (χ4v) is 4.99. The standard InChI is InChI=1S/C33H41N5/c1-4-28-15-10-18-34-31(28)24-37(23-27-13-8-7-9-14-27)21-22-38(25-32-29(5-2)16-11-19-35-32)26-33-30(6-3)17-12-20-36-33/h7-20H,4-6,21-26H2,1-3H3. The van der Waals surface area contributed by atoms with Crippen LogP contribution >= 0.6 is 0 Å². The van der Waals surface area contributed by atoms with Gasteiger partial charge < -0.3 is 0 Å². The minimum Gasteiger partial charge on any atom is -0.292 e. The van der Waals surface area contributed by atoms with Gasteiger partial charge in [0.2, 0.25) is 0 Å². The molecule has 0 aliphatic carbocycles. The normalized spacial score (nSPS) is 11.4. The van der Waals surface area contributed by atoms with Gasteiger partial charge in [-0.3, -0.25) is 24.8 Å². The summed E-state index contributed by atoms with van der Waals surface area (Å²) in [5.41, 5.74) is 8.78. The van der Waals surface area contributed by atoms with E-state index in [2.05, 4.69) is 79.1 Å². The second kappa shape index (κ2) is 14.5. The smallest absolute Gasteiger partial charge is 0.0575 e. The van der Waals surface area contributed by atoms with E-state index in [9.17, 15) is 0 Å². The van der Waals surface area contributed by atoms with Crippen molar-refractivity contribution in [1.82, 2.24) is 24.8 Å². The second-order valence-electron chi connectivity index (χ2n) is 9.80. The lowest BCUT2D eigenvalue weighted by atomic mass is 10.1. The average Bonchev–Trinajstić information content (AvgIpc) is 2.97. The van der Waals surface area contributed by atoms with E-state index in [-0.39, 0.29) is 0 Å². The number of hydrogen-bond acceptors (Lipinski definition) is 5. The zero-order valence-electron chi connectivity index (χ0n) is 23.2. The molecule has 3 aromatic heterocycles. The monoisotopic (exact) mass is 507 g/mol. The number of benzene rings is 1. The Morgan fingerprint density at radius 3 is 1.26 bits per heavy atom. The fourth-order valence-electron chi connectivity index (χ4n) is 4.99. The van der Waals surface area contributed by atoms with Gasteiger partial charge in [0.15, 0.2) is 0 Å². The van der Waals surface area contributed by atoms with E-state index in [1.54, 1.807) is 0 Å². The van der Waals surface area contributed by atoms with Gasteiger partial charge in [0.1, 0.15) is 0 Å². The Kier molecular flexibility index (Phi) is 10.5. The summed E-state index contributed by atoms with van der Waals surface area (Å²) in [5.74, 6) is 0. The molecule has 0 bridgehead atoms. The van der Waals surface area contributed by atoms with Gasteiger partial charge in [0, 0.05) is 57.9 Å². The topological polar surface area (TPSA) is 45.2 Å². The highest BCUT2D eigenvalue weighted by Crippen LogP contribution is 2.17. The van der Waals surface area contributed by atoms with Crippen LogP contribution in [-0.4, -0.2) is 37.8 Å². The minimum atomic E-state index is 0.812. The Morgan fingerprint density at radius 2 is 0.868 bits per heavy atom. The molecule has 0 saturated heterocycles. The molecule has 0 aliphatic rings. The molecule has 0 atom stereocenters. The molecule has 5 heteroatoms. The van der Waals surface area contributed by atoms with E-state index in [0.29, 0.717) is 0 Å². The molecule has 1 aromatic carbocycles. The van der Waals surface area contributed by atoms with Crippen molar-refractivity contribution in [1.29, 1.82) is 0 Å². The van der Waals surface area contributed by atoms with Crippen LogP contribution in [0.15, 0.2) is 85.3 Å². The van der Waals surface area contributed by atoms with E-state index in [1.807, 2.05) is 36.8 Å². The molecular weight excluding hydrogens is 466 g/mol. The SMILES string of the molecule is CCc1cccnc1CN(CCN(Cc1ncccc1CC)Cc1ncccc1CC)Cc1ccccc1. The lowest BCUT2D eigenvalue weighted by Gasteiger charge is -2.29. The largest absolute Gasteiger partial charge is 0.292 e. The first kappa shape index (κ1) is 27.6. The molecule has 4 rings (SSSR count). The molecule has 4 aromatic rings. The molecule has 5 nitrogen and oxygen atoms in total. The van der Waals surface area contributed by atoms with Gasteiger partial charge in [-0.1, -0.05) is 69.3 Å². The summed E-state index contributed by atoms with van der Waals surface area (Å²) in [6.45, 7) is 11.8. The predicted octanol–water partition coefficient (Wildman–Crippen LogP) is 6.26. The number of aromatic nitrogens is 3. The van der Waals surface area contributed by atoms with Crippen molar-refractivity contribution in [3.05, 3.63) is 125 Å². The third-order valence-corrected chi connectivity index (χ3v) is 7.20. The second-order valence-corrected chi connectivity index (χ2v) is 9.80. The first-order valence-electron chi connectivity index (χ1n) is 14.0. The van der Waals surface area contributed by atoms with Gasteiger partial charge in [0.25, 0.3) is 0 Å². The Balaban J connectivity index is 1.57. The zero-order chi connectivity index (χ0) is 26.6. The Bertz CT molecular complexity index is 1210. The summed E-state index contributed by atoms with van der Waals surface area (Å²) in [6, 6.07) is 23.5. The number of pyridine rings is 3. The first-order valence-corrected chi connectivity index (χ1v) is 14.0. The molecule has 0 spiro atoms. The Labute approximate surface area is 228 Å². The molecular formula is C33H41N5. The summed E-state index contributed by atoms with van der Waals surface area (Å²) < 4.78 is 0. The molecule has 0 fully saturated rings. The highest BCUT2D eigenvalue weighted by molar-refractivity contribution is 5.23. The summed E-state index contributed by atoms with van der Waals surface area (Å²) in [5, 5.41) is 0. The van der Waals surface area contributed by atoms with E-state index >= 15 is 0 Å². The maximum absolute atomic E-state index is 4.77. The van der Waals surface area contributed by atoms with Crippen molar-refractivity contribution in [3.63, 3.8) is 0 Å². The number of hydrogen-bond donors (Lipinski definition) is 0. The molecule has 3 heterocycles. The summed E-state index contributed by atoms with van der Waals surface area (Å²) >= 11 is 0. The molecule has 0 N–H and O–H groups in total. The van der Waals surface area contributed by atoms with Gasteiger partial charge in [-0.05, 0) is 59.7 Å². The van der Waals surface area contributed by atoms with Crippen LogP contribution in [-0.2, 0) is 45.4 Å². The molecule has 0 aliphatic heterocycles. The minimum absolute atomic E-state index is 0.812.